The minimum Gasteiger partial charge on any atom is -0.372 e. The Morgan fingerprint density at radius 2 is 1.33 bits per heavy atom. The van der Waals surface area contributed by atoms with Gasteiger partial charge in [-0.3, -0.25) is 0 Å². The van der Waals surface area contributed by atoms with Crippen LogP contribution in [0, 0.1) is 14.8 Å². The van der Waals surface area contributed by atoms with E-state index in [1.165, 1.54) is 0 Å². The minimum absolute atomic E-state index is 1.94. The third kappa shape index (κ3) is 108. The molecule has 4 nitrogen and oxygen atoms in total. The first-order chi connectivity index (χ1) is 2.73. The fourth-order valence-corrected chi connectivity index (χ4v) is 0. The van der Waals surface area contributed by atoms with Gasteiger partial charge in [-0.25, -0.2) is 0 Å². The monoisotopic (exact) mass is 224 g/mol. The van der Waals surface area contributed by atoms with Gasteiger partial charge in [0, 0.05) is 0 Å². The molecule has 0 aliphatic rings. The van der Waals surface area contributed by atoms with Crippen LogP contribution in [-0.4, -0.2) is 8.40 Å². The summed E-state index contributed by atoms with van der Waals surface area (Å²) in [5, 5.41) is 0. The Hall–Kier alpha value is 0.800. The van der Waals surface area contributed by atoms with Crippen LogP contribution in [-0.2, 0) is 0 Å². The van der Waals surface area contributed by atoms with Gasteiger partial charge in [0.05, 0.1) is 16.3 Å². The Balaban J connectivity index is 0. The smallest absolute Gasteiger partial charge is 0.372 e. The number of halogens is 2. The van der Waals surface area contributed by atoms with E-state index in [0.717, 1.165) is 0 Å². The molecule has 2 N–H and O–H groups in total. The highest BCUT2D eigenvalue weighted by molar-refractivity contribution is 9.05. The molecule has 0 radical (unpaired) electrons. The van der Waals surface area contributed by atoms with Crippen LogP contribution in [0.4, 0.5) is 0 Å². The second-order valence-corrected chi connectivity index (χ2v) is 1.04. The Labute approximate surface area is 48.3 Å². The van der Waals surface area contributed by atoms with Crippen molar-refractivity contribution in [1.29, 1.82) is 0 Å². The third-order valence-corrected chi connectivity index (χ3v) is 0. The summed E-state index contributed by atoms with van der Waals surface area (Å²) in [7, 11) is 0. The maximum absolute atomic E-state index is 8.63. The Morgan fingerprint density at radius 1 is 1.33 bits per heavy atom. The highest BCUT2D eigenvalue weighted by Crippen LogP contribution is 1.43. The Bertz CT molecular complexity index is 10.3. The van der Waals surface area contributed by atoms with Crippen molar-refractivity contribution in [2.75, 3.05) is 0 Å². The standard InChI is InChI=1S/BrHO3.BrHO/c2-1(3)4;1-2/h2H;2H. The van der Waals surface area contributed by atoms with E-state index >= 15 is 0 Å². The van der Waals surface area contributed by atoms with Gasteiger partial charge in [0.15, 0.2) is 0 Å². The van der Waals surface area contributed by atoms with Crippen LogP contribution < -0.4 is 8.40 Å². The fraction of sp³-hybridized carbons (Fsp3) is 0. The Kier molecular flexibility index (Phi) is 15.3. The minimum atomic E-state index is -3.40. The molecule has 0 aromatic carbocycles. The van der Waals surface area contributed by atoms with Gasteiger partial charge < -0.3 is 12.6 Å². The first-order valence-electron chi connectivity index (χ1n) is 0.647. The summed E-state index contributed by atoms with van der Waals surface area (Å²) in [4.78, 5) is 0. The molecule has 0 atom stereocenters. The molecule has 0 saturated carbocycles. The molecule has 0 aliphatic heterocycles. The van der Waals surface area contributed by atoms with Gasteiger partial charge in [0.25, 0.3) is 0 Å². The molecule has 0 fully saturated rings. The van der Waals surface area contributed by atoms with Crippen LogP contribution in [0.2, 0.25) is 0 Å². The average molecular weight is 226 g/mol. The lowest BCUT2D eigenvalue weighted by atomic mass is 16.0. The van der Waals surface area contributed by atoms with E-state index in [1.54, 1.807) is 0 Å². The molecule has 0 spiro atoms. The predicted molar refractivity (Wildman–Crippen MR) is 13.4 cm³/mol. The van der Waals surface area contributed by atoms with Crippen molar-refractivity contribution in [1.82, 2.24) is 0 Å². The lowest BCUT2D eigenvalue weighted by Crippen LogP contribution is -2.30. The van der Waals surface area contributed by atoms with Crippen molar-refractivity contribution in [2.24, 2.45) is 0 Å². The molecule has 0 heterocycles. The molecule has 0 saturated heterocycles. The number of rotatable bonds is 0. The summed E-state index contributed by atoms with van der Waals surface area (Å²) in [5.41, 5.74) is 0. The van der Waals surface area contributed by atoms with Crippen molar-refractivity contribution in [3.63, 3.8) is 0 Å². The van der Waals surface area contributed by atoms with E-state index < -0.39 is 14.8 Å². The summed E-state index contributed by atoms with van der Waals surface area (Å²) >= 11 is -1.46. The molecule has 0 amide bonds. The van der Waals surface area contributed by atoms with E-state index in [9.17, 15) is 0 Å². The molecule has 0 unspecified atom stereocenters. The van der Waals surface area contributed by atoms with E-state index in [0.29, 0.717) is 0 Å². The molecule has 0 bridgehead atoms. The molecule has 0 aromatic heterocycles. The predicted octanol–water partition coefficient (Wildman–Crippen LogP) is -2.65. The highest BCUT2D eigenvalue weighted by Gasteiger charge is 1.86. The van der Waals surface area contributed by atoms with Crippen molar-refractivity contribution >= 4 is 16.3 Å². The quantitative estimate of drug-likeness (QED) is 0.472. The van der Waals surface area contributed by atoms with Gasteiger partial charge in [-0.1, -0.05) is 0 Å². The van der Waals surface area contributed by atoms with Crippen LogP contribution >= 0.6 is 16.3 Å². The summed E-state index contributed by atoms with van der Waals surface area (Å²) < 4.78 is 31.1. The molecular weight excluding hydrogens is 224 g/mol. The van der Waals surface area contributed by atoms with Crippen molar-refractivity contribution in [3.05, 3.63) is 0 Å². The SMILES string of the molecule is OBr.[O-][Br+2]([O-])O. The number of hydrogen-bond donors (Lipinski definition) is 2. The van der Waals surface area contributed by atoms with Gasteiger partial charge in [0.1, 0.15) is 0 Å². The topological polar surface area (TPSA) is 86.6 Å². The van der Waals surface area contributed by atoms with Crippen LogP contribution in [0.5, 0.6) is 0 Å². The number of hydrogen-bond acceptors (Lipinski definition) is 4. The normalized spacial score (nSPS) is 7.00. The van der Waals surface area contributed by atoms with Crippen molar-refractivity contribution < 1.29 is 31.6 Å². The average Bonchev–Trinajstić information content (AvgIpc) is 1.41. The summed E-state index contributed by atoms with van der Waals surface area (Å²) in [6.45, 7) is 0. The maximum Gasteiger partial charge on any atom is 0.433 e. The highest BCUT2D eigenvalue weighted by atomic mass is 80.0. The van der Waals surface area contributed by atoms with Gasteiger partial charge in [0.2, 0.25) is 0 Å². The second kappa shape index (κ2) is 9.25. The summed E-state index contributed by atoms with van der Waals surface area (Å²) in [6, 6.07) is 0. The van der Waals surface area contributed by atoms with Crippen molar-refractivity contribution in [2.45, 2.75) is 0 Å². The van der Waals surface area contributed by atoms with Crippen molar-refractivity contribution in [3.8, 4) is 0 Å². The van der Waals surface area contributed by atoms with E-state index in [-0.39, 0.29) is 0 Å². The third-order valence-electron chi connectivity index (χ3n) is 0. The van der Waals surface area contributed by atoms with Gasteiger partial charge in [-0.05, 0) is 4.20 Å². The molecule has 40 valence electrons. The molecule has 0 rings (SSSR count). The van der Waals surface area contributed by atoms with E-state index in [4.69, 9.17) is 16.8 Å². The lowest BCUT2D eigenvalue weighted by molar-refractivity contribution is -1.63. The lowest BCUT2D eigenvalue weighted by Gasteiger charge is -1.69. The fourth-order valence-electron chi connectivity index (χ4n) is 0. The van der Waals surface area contributed by atoms with Gasteiger partial charge in [-0.2, -0.15) is 0 Å². The zero-order valence-electron chi connectivity index (χ0n) is 2.47. The maximum atomic E-state index is 8.63. The summed E-state index contributed by atoms with van der Waals surface area (Å²) in [6.07, 6.45) is 0. The molecule has 0 aliphatic carbocycles. The van der Waals surface area contributed by atoms with E-state index in [2.05, 4.69) is 0 Å². The first kappa shape index (κ1) is 9.93. The first-order valence-corrected chi connectivity index (χ1v) is 3.36. The molecule has 6 heavy (non-hydrogen) atoms. The molecule has 0 aromatic rings. The van der Waals surface area contributed by atoms with Gasteiger partial charge >= 0.3 is 14.8 Å². The zero-order chi connectivity index (χ0) is 5.58. The molecular formula is H2Br2O4. The largest absolute Gasteiger partial charge is 0.433 e. The van der Waals surface area contributed by atoms with E-state index in [1.807, 2.05) is 16.3 Å². The Morgan fingerprint density at radius 3 is 1.33 bits per heavy atom. The van der Waals surface area contributed by atoms with Gasteiger partial charge in [-0.15, -0.1) is 0 Å². The zero-order valence-corrected chi connectivity index (χ0v) is 5.64. The molecule has 6 heteroatoms. The van der Waals surface area contributed by atoms with Crippen LogP contribution in [0.15, 0.2) is 0 Å². The second-order valence-electron chi connectivity index (χ2n) is 0.201. The summed E-state index contributed by atoms with van der Waals surface area (Å²) in [5.74, 6) is 0. The van der Waals surface area contributed by atoms with Crippen LogP contribution in [0.1, 0.15) is 0 Å². The van der Waals surface area contributed by atoms with Crippen LogP contribution in [0.3, 0.4) is 0 Å². The van der Waals surface area contributed by atoms with Crippen LogP contribution in [0.25, 0.3) is 0 Å².